The first kappa shape index (κ1) is 14.7. The van der Waals surface area contributed by atoms with E-state index >= 15 is 0 Å². The Hall–Kier alpha value is -0.850. The molecule has 0 fully saturated rings. The Balaban J connectivity index is 0. The van der Waals surface area contributed by atoms with Crippen molar-refractivity contribution < 1.29 is 4.39 Å². The van der Waals surface area contributed by atoms with Crippen LogP contribution in [0, 0.1) is 0 Å². The van der Waals surface area contributed by atoms with Gasteiger partial charge in [-0.2, -0.15) is 0 Å². The van der Waals surface area contributed by atoms with E-state index in [1.165, 1.54) is 13.8 Å². The molecule has 76 valence electrons. The molecule has 1 heteroatoms. The predicted octanol–water partition coefficient (Wildman–Crippen LogP) is 4.45. The van der Waals surface area contributed by atoms with Crippen LogP contribution in [0.15, 0.2) is 36.5 Å². The van der Waals surface area contributed by atoms with Gasteiger partial charge in [0, 0.05) is 0 Å². The molecule has 0 aliphatic carbocycles. The van der Waals surface area contributed by atoms with E-state index in [-0.39, 0.29) is 0 Å². The van der Waals surface area contributed by atoms with Gasteiger partial charge >= 0.3 is 0 Å². The minimum atomic E-state index is -1.33. The van der Waals surface area contributed by atoms with Gasteiger partial charge in [0.05, 0.1) is 0 Å². The van der Waals surface area contributed by atoms with Crippen molar-refractivity contribution in [3.63, 3.8) is 0 Å². The summed E-state index contributed by atoms with van der Waals surface area (Å²) in [5, 5.41) is 0. The number of alkyl halides is 1. The first-order chi connectivity index (χ1) is 5.84. The van der Waals surface area contributed by atoms with Gasteiger partial charge in [0.1, 0.15) is 5.67 Å². The Morgan fingerprint density at radius 3 is 1.77 bits per heavy atom. The summed E-state index contributed by atoms with van der Waals surface area (Å²) in [7, 11) is 0. The van der Waals surface area contributed by atoms with Gasteiger partial charge < -0.3 is 0 Å². The molecule has 0 bridgehead atoms. The molecule has 0 saturated carbocycles. The fourth-order valence-electron chi connectivity index (χ4n) is 0.441. The summed E-state index contributed by atoms with van der Waals surface area (Å²) in [6, 6.07) is 0. The Bertz CT molecular complexity index is 192. The lowest BCUT2D eigenvalue weighted by Crippen LogP contribution is -2.12. The van der Waals surface area contributed by atoms with E-state index in [9.17, 15) is 4.39 Å². The summed E-state index contributed by atoms with van der Waals surface area (Å²) in [5.74, 6) is 0. The fourth-order valence-corrected chi connectivity index (χ4v) is 0.441. The van der Waals surface area contributed by atoms with Crippen molar-refractivity contribution in [3.05, 3.63) is 36.5 Å². The van der Waals surface area contributed by atoms with Crippen LogP contribution in [-0.4, -0.2) is 5.67 Å². The molecule has 0 amide bonds. The number of allylic oxidation sites excluding steroid dienone is 4. The average molecular weight is 184 g/mol. The molecule has 0 nitrogen and oxygen atoms in total. The van der Waals surface area contributed by atoms with Crippen molar-refractivity contribution >= 4 is 0 Å². The normalized spacial score (nSPS) is 10.6. The van der Waals surface area contributed by atoms with E-state index < -0.39 is 5.67 Å². The van der Waals surface area contributed by atoms with Crippen molar-refractivity contribution in [2.75, 3.05) is 0 Å². The third kappa shape index (κ3) is 9.06. The third-order valence-electron chi connectivity index (χ3n) is 1.33. The molecule has 0 aliphatic heterocycles. The molecule has 0 aromatic rings. The summed E-state index contributed by atoms with van der Waals surface area (Å²) in [4.78, 5) is 0. The summed E-state index contributed by atoms with van der Waals surface area (Å²) in [5.41, 5.74) is 0.0438. The van der Waals surface area contributed by atoms with E-state index in [0.29, 0.717) is 5.57 Å². The molecule has 0 aromatic carbocycles. The molecule has 0 radical (unpaired) electrons. The maximum atomic E-state index is 13.1. The van der Waals surface area contributed by atoms with Crippen molar-refractivity contribution in [1.82, 2.24) is 0 Å². The Labute approximate surface area is 81.9 Å². The average Bonchev–Trinajstić information content (AvgIpc) is 2.02. The third-order valence-corrected chi connectivity index (χ3v) is 1.33. The number of halogens is 1. The van der Waals surface area contributed by atoms with E-state index in [1.807, 2.05) is 20.8 Å². The summed E-state index contributed by atoms with van der Waals surface area (Å²) in [6.45, 7) is 16.1. The highest BCUT2D eigenvalue weighted by Crippen LogP contribution is 2.19. The molecule has 0 atom stereocenters. The monoisotopic (exact) mass is 184 g/mol. The molecule has 13 heavy (non-hydrogen) atoms. The largest absolute Gasteiger partial charge is 0.239 e. The number of rotatable bonds is 3. The zero-order chi connectivity index (χ0) is 11.1. The van der Waals surface area contributed by atoms with Crippen LogP contribution in [0.1, 0.15) is 34.6 Å². The van der Waals surface area contributed by atoms with Crippen LogP contribution in [0.25, 0.3) is 0 Å². The van der Waals surface area contributed by atoms with E-state index in [4.69, 9.17) is 0 Å². The topological polar surface area (TPSA) is 0 Å². The molecule has 0 aromatic heterocycles. The Kier molecular flexibility index (Phi) is 7.49. The fraction of sp³-hybridized carbons (Fsp3) is 0.500. The van der Waals surface area contributed by atoms with Crippen LogP contribution in [0.3, 0.4) is 0 Å². The van der Waals surface area contributed by atoms with E-state index in [2.05, 4.69) is 13.2 Å². The van der Waals surface area contributed by atoms with Crippen LogP contribution in [0.4, 0.5) is 4.39 Å². The van der Waals surface area contributed by atoms with Gasteiger partial charge in [0.15, 0.2) is 0 Å². The van der Waals surface area contributed by atoms with Crippen LogP contribution in [-0.2, 0) is 0 Å². The molecule has 0 unspecified atom stereocenters. The second-order valence-electron chi connectivity index (χ2n) is 3.18. The molecule has 0 rings (SSSR count). The standard InChI is InChI=1S/C10H15F.C2H6/c1-8(2)6-7-9(3)10(4,5)11;1-2/h6-7H,1,3H2,2,4-5H3;1-2H3/b7-6-;. The molecule has 0 heterocycles. The Morgan fingerprint density at radius 1 is 1.15 bits per heavy atom. The predicted molar refractivity (Wildman–Crippen MR) is 59.6 cm³/mol. The highest BCUT2D eigenvalue weighted by molar-refractivity contribution is 5.28. The molecular formula is C12H21F. The van der Waals surface area contributed by atoms with Gasteiger partial charge in [0.2, 0.25) is 0 Å². The molecule has 0 spiro atoms. The summed E-state index contributed by atoms with van der Waals surface area (Å²) >= 11 is 0. The van der Waals surface area contributed by atoms with Gasteiger partial charge in [-0.15, -0.1) is 0 Å². The quantitative estimate of drug-likeness (QED) is 0.568. The maximum Gasteiger partial charge on any atom is 0.129 e. The highest BCUT2D eigenvalue weighted by Gasteiger charge is 2.16. The summed E-state index contributed by atoms with van der Waals surface area (Å²) < 4.78 is 13.1. The molecular weight excluding hydrogens is 163 g/mol. The van der Waals surface area contributed by atoms with Crippen LogP contribution < -0.4 is 0 Å². The van der Waals surface area contributed by atoms with Gasteiger partial charge in [0.25, 0.3) is 0 Å². The van der Waals surface area contributed by atoms with Crippen molar-refractivity contribution in [2.45, 2.75) is 40.3 Å². The van der Waals surface area contributed by atoms with E-state index in [1.54, 1.807) is 12.2 Å². The lowest BCUT2D eigenvalue weighted by Gasteiger charge is -2.13. The van der Waals surface area contributed by atoms with Gasteiger partial charge in [-0.25, -0.2) is 4.39 Å². The van der Waals surface area contributed by atoms with Crippen LogP contribution in [0.5, 0.6) is 0 Å². The minimum absolute atomic E-state index is 0.473. The molecule has 0 saturated heterocycles. The van der Waals surface area contributed by atoms with E-state index in [0.717, 1.165) is 5.57 Å². The lowest BCUT2D eigenvalue weighted by atomic mass is 10.0. The number of hydrogen-bond donors (Lipinski definition) is 0. The highest BCUT2D eigenvalue weighted by atomic mass is 19.1. The second-order valence-corrected chi connectivity index (χ2v) is 3.18. The molecule has 0 N–H and O–H groups in total. The summed E-state index contributed by atoms with van der Waals surface area (Å²) in [6.07, 6.45) is 3.41. The Morgan fingerprint density at radius 2 is 1.54 bits per heavy atom. The second kappa shape index (κ2) is 6.64. The van der Waals surface area contributed by atoms with Crippen LogP contribution in [0.2, 0.25) is 0 Å². The SMILES string of the molecule is C=C(C)/C=C\C(=C)C(C)(C)F.CC. The van der Waals surface area contributed by atoms with Gasteiger partial charge in [-0.3, -0.25) is 0 Å². The first-order valence-electron chi connectivity index (χ1n) is 4.56. The van der Waals surface area contributed by atoms with Crippen molar-refractivity contribution in [1.29, 1.82) is 0 Å². The minimum Gasteiger partial charge on any atom is -0.239 e. The maximum absolute atomic E-state index is 13.1. The number of hydrogen-bond acceptors (Lipinski definition) is 0. The smallest absolute Gasteiger partial charge is 0.129 e. The van der Waals surface area contributed by atoms with Gasteiger partial charge in [-0.05, 0) is 26.3 Å². The zero-order valence-electron chi connectivity index (χ0n) is 9.45. The van der Waals surface area contributed by atoms with Crippen molar-refractivity contribution in [2.24, 2.45) is 0 Å². The van der Waals surface area contributed by atoms with Crippen LogP contribution >= 0.6 is 0 Å². The zero-order valence-corrected chi connectivity index (χ0v) is 9.45. The van der Waals surface area contributed by atoms with Gasteiger partial charge in [-0.1, -0.05) is 44.7 Å². The first-order valence-corrected chi connectivity index (χ1v) is 4.56. The lowest BCUT2D eigenvalue weighted by molar-refractivity contribution is 0.275. The van der Waals surface area contributed by atoms with Crippen molar-refractivity contribution in [3.8, 4) is 0 Å². The molecule has 0 aliphatic rings.